The first-order valence-electron chi connectivity index (χ1n) is 9.14. The molecule has 15 heteroatoms. The third-order valence-corrected chi connectivity index (χ3v) is 5.76. The van der Waals surface area contributed by atoms with E-state index in [4.69, 9.17) is 18.2 Å². The Morgan fingerprint density at radius 2 is 2.00 bits per heavy atom. The molecule has 5 atom stereocenters. The Morgan fingerprint density at radius 1 is 1.25 bits per heavy atom. The lowest BCUT2D eigenvalue weighted by Crippen LogP contribution is -2.57. The number of fused-ring (bicyclic) bond motifs is 1. The minimum atomic E-state index is -4.93. The topological polar surface area (TPSA) is 200 Å². The fourth-order valence-electron chi connectivity index (χ4n) is 3.11. The standard InChI is InChI=1S/C17H22N2O11S2/c1-27-10-4-2-3-9-13(10)8(6-18-9)5-12(19-30-32(24,25)26)29-31-17-16(23)15(22)14(21)11(7-20)28-17/h2-4,6,11,14-18,20-23H,5,7H2,1H3,(H,24,25,26)/b19-12-/t11-,14-,15+,16-,17+/m1/s1. The van der Waals surface area contributed by atoms with Crippen LogP contribution in [0.15, 0.2) is 29.6 Å². The van der Waals surface area contributed by atoms with Gasteiger partial charge in [-0.15, -0.1) is 0 Å². The fourth-order valence-corrected chi connectivity index (χ4v) is 4.04. The number of methoxy groups -OCH3 is 1. The Balaban J connectivity index is 1.82. The van der Waals surface area contributed by atoms with E-state index in [0.717, 1.165) is 5.52 Å². The highest BCUT2D eigenvalue weighted by Gasteiger charge is 2.44. The molecule has 1 aliphatic rings. The number of ether oxygens (including phenoxy) is 2. The lowest BCUT2D eigenvalue weighted by Gasteiger charge is -2.38. The number of aliphatic hydroxyl groups is 4. The molecular weight excluding hydrogens is 472 g/mol. The van der Waals surface area contributed by atoms with Gasteiger partial charge in [-0.2, -0.15) is 8.42 Å². The van der Waals surface area contributed by atoms with Crippen molar-refractivity contribution in [2.75, 3.05) is 13.7 Å². The second kappa shape index (κ2) is 10.2. The first kappa shape index (κ1) is 24.5. The fraction of sp³-hybridized carbons (Fsp3) is 0.471. The highest BCUT2D eigenvalue weighted by molar-refractivity contribution is 7.95. The summed E-state index contributed by atoms with van der Waals surface area (Å²) in [6.07, 6.45) is -4.48. The molecule has 1 saturated heterocycles. The predicted molar refractivity (Wildman–Crippen MR) is 111 cm³/mol. The Bertz CT molecular complexity index is 1060. The molecule has 0 bridgehead atoms. The maximum atomic E-state index is 11.0. The van der Waals surface area contributed by atoms with Gasteiger partial charge < -0.3 is 39.1 Å². The van der Waals surface area contributed by atoms with Crippen LogP contribution in [0.4, 0.5) is 0 Å². The maximum Gasteiger partial charge on any atom is 0.466 e. The lowest BCUT2D eigenvalue weighted by atomic mass is 10.0. The molecule has 13 nitrogen and oxygen atoms in total. The van der Waals surface area contributed by atoms with Crippen LogP contribution in [0.25, 0.3) is 10.9 Å². The van der Waals surface area contributed by atoms with Crippen LogP contribution in [0.2, 0.25) is 0 Å². The van der Waals surface area contributed by atoms with Crippen LogP contribution in [0.3, 0.4) is 0 Å². The minimum absolute atomic E-state index is 0.139. The summed E-state index contributed by atoms with van der Waals surface area (Å²) in [5, 5.41) is 43.1. The van der Waals surface area contributed by atoms with Gasteiger partial charge in [0.25, 0.3) is 0 Å². The van der Waals surface area contributed by atoms with Gasteiger partial charge in [-0.1, -0.05) is 6.07 Å². The summed E-state index contributed by atoms with van der Waals surface area (Å²) >= 11 is 0.443. The molecule has 2 heterocycles. The number of aromatic nitrogens is 1. The van der Waals surface area contributed by atoms with E-state index < -0.39 is 46.9 Å². The van der Waals surface area contributed by atoms with Gasteiger partial charge in [0.05, 0.1) is 32.2 Å². The van der Waals surface area contributed by atoms with Crippen LogP contribution in [-0.2, 0) is 30.0 Å². The number of nitrogens with zero attached hydrogens (tertiary/aromatic N) is 1. The maximum absolute atomic E-state index is 11.0. The van der Waals surface area contributed by atoms with Gasteiger partial charge in [-0.05, 0) is 22.9 Å². The number of hydrogen-bond acceptors (Lipinski definition) is 12. The van der Waals surface area contributed by atoms with Gasteiger partial charge in [0.2, 0.25) is 5.90 Å². The molecule has 0 saturated carbocycles. The van der Waals surface area contributed by atoms with Gasteiger partial charge in [0.1, 0.15) is 30.2 Å². The van der Waals surface area contributed by atoms with Gasteiger partial charge in [0, 0.05) is 17.1 Å². The Morgan fingerprint density at radius 3 is 2.66 bits per heavy atom. The molecule has 2 aromatic rings. The molecular formula is C17H22N2O11S2. The van der Waals surface area contributed by atoms with Crippen LogP contribution >= 0.6 is 12.0 Å². The molecule has 1 fully saturated rings. The molecule has 1 aromatic carbocycles. The average Bonchev–Trinajstić information content (AvgIpc) is 3.17. The van der Waals surface area contributed by atoms with Gasteiger partial charge in [0.15, 0.2) is 5.44 Å². The molecule has 0 unspecified atom stereocenters. The molecule has 0 amide bonds. The van der Waals surface area contributed by atoms with Gasteiger partial charge >= 0.3 is 10.4 Å². The number of hydrogen-bond donors (Lipinski definition) is 6. The molecule has 1 aliphatic heterocycles. The summed E-state index contributed by atoms with van der Waals surface area (Å²) in [5.41, 5.74) is 0.0134. The Hall–Kier alpha value is -2.11. The quantitative estimate of drug-likeness (QED) is 0.0889. The number of nitrogens with one attached hydrogen (secondary N) is 1. The molecule has 1 aromatic heterocycles. The van der Waals surface area contributed by atoms with Gasteiger partial charge in [-0.25, -0.2) is 4.28 Å². The van der Waals surface area contributed by atoms with E-state index in [1.54, 1.807) is 24.4 Å². The molecule has 178 valence electrons. The number of oxime groups is 1. The number of rotatable bonds is 8. The van der Waals surface area contributed by atoms with Crippen LogP contribution in [0.1, 0.15) is 5.56 Å². The van der Waals surface area contributed by atoms with Crippen LogP contribution in [-0.4, -0.2) is 87.8 Å². The molecule has 32 heavy (non-hydrogen) atoms. The third kappa shape index (κ3) is 5.62. The van der Waals surface area contributed by atoms with Crippen LogP contribution < -0.4 is 4.74 Å². The highest BCUT2D eigenvalue weighted by atomic mass is 32.3. The van der Waals surface area contributed by atoms with Crippen LogP contribution in [0, 0.1) is 0 Å². The lowest BCUT2D eigenvalue weighted by molar-refractivity contribution is -0.206. The second-order valence-corrected chi connectivity index (χ2v) is 8.57. The van der Waals surface area contributed by atoms with Crippen molar-refractivity contribution in [3.63, 3.8) is 0 Å². The van der Waals surface area contributed by atoms with Gasteiger partial charge in [-0.3, -0.25) is 4.55 Å². The summed E-state index contributed by atoms with van der Waals surface area (Å²) in [6.45, 7) is -0.635. The Kier molecular flexibility index (Phi) is 7.84. The van der Waals surface area contributed by atoms with Crippen molar-refractivity contribution in [1.82, 2.24) is 4.98 Å². The molecule has 0 aliphatic carbocycles. The molecule has 0 radical (unpaired) electrons. The summed E-state index contributed by atoms with van der Waals surface area (Å²) in [4.78, 5) is 3.02. The predicted octanol–water partition coefficient (Wildman–Crippen LogP) is -0.683. The number of aliphatic hydroxyl groups excluding tert-OH is 4. The van der Waals surface area contributed by atoms with Crippen molar-refractivity contribution in [2.24, 2.45) is 5.16 Å². The first-order valence-corrected chi connectivity index (χ1v) is 11.3. The first-order chi connectivity index (χ1) is 15.1. The van der Waals surface area contributed by atoms with E-state index >= 15 is 0 Å². The summed E-state index contributed by atoms with van der Waals surface area (Å²) in [7, 11) is -3.45. The smallest absolute Gasteiger partial charge is 0.466 e. The molecule has 3 rings (SSSR count). The number of benzene rings is 1. The number of aromatic amines is 1. The van der Waals surface area contributed by atoms with E-state index in [2.05, 4.69) is 14.4 Å². The zero-order valence-corrected chi connectivity index (χ0v) is 18.2. The summed E-state index contributed by atoms with van der Waals surface area (Å²) in [6, 6.07) is 5.27. The van der Waals surface area contributed by atoms with E-state index in [1.165, 1.54) is 7.11 Å². The molecule has 6 N–H and O–H groups in total. The summed E-state index contributed by atoms with van der Waals surface area (Å²) < 4.78 is 50.8. The van der Waals surface area contributed by atoms with Crippen molar-refractivity contribution in [1.29, 1.82) is 0 Å². The summed E-state index contributed by atoms with van der Waals surface area (Å²) in [5.74, 6) is 0.173. The van der Waals surface area contributed by atoms with E-state index in [-0.39, 0.29) is 12.3 Å². The second-order valence-electron chi connectivity index (χ2n) is 6.74. The zero-order chi connectivity index (χ0) is 23.5. The van der Waals surface area contributed by atoms with E-state index in [9.17, 15) is 28.8 Å². The monoisotopic (exact) mass is 494 g/mol. The zero-order valence-electron chi connectivity index (χ0n) is 16.6. The van der Waals surface area contributed by atoms with Crippen molar-refractivity contribution >= 4 is 39.2 Å². The average molecular weight is 495 g/mol. The van der Waals surface area contributed by atoms with Crippen molar-refractivity contribution in [2.45, 2.75) is 36.3 Å². The van der Waals surface area contributed by atoms with Crippen molar-refractivity contribution in [3.8, 4) is 5.75 Å². The molecule has 0 spiro atoms. The number of H-pyrrole nitrogens is 1. The van der Waals surface area contributed by atoms with Crippen molar-refractivity contribution < 1.29 is 51.3 Å². The van der Waals surface area contributed by atoms with Crippen molar-refractivity contribution in [3.05, 3.63) is 30.0 Å². The third-order valence-electron chi connectivity index (χ3n) is 4.63. The normalized spacial score (nSPS) is 26.8. The Labute approximate surface area is 186 Å². The van der Waals surface area contributed by atoms with Crippen LogP contribution in [0.5, 0.6) is 5.75 Å². The minimum Gasteiger partial charge on any atom is -0.496 e. The largest absolute Gasteiger partial charge is 0.496 e. The van der Waals surface area contributed by atoms with E-state index in [0.29, 0.717) is 28.7 Å². The highest BCUT2D eigenvalue weighted by Crippen LogP contribution is 2.32. The SMILES string of the molecule is COc1cccc2[nH]cc(C/C(=N/OS(=O)(=O)O)OS[C@@H]3O[C@H](CO)[C@@H](O)[C@H](O)[C@H]3O)c12. The van der Waals surface area contributed by atoms with E-state index in [1.807, 2.05) is 0 Å².